The summed E-state index contributed by atoms with van der Waals surface area (Å²) in [7, 11) is 1.63. The van der Waals surface area contributed by atoms with Crippen LogP contribution in [0.5, 0.6) is 5.75 Å². The fourth-order valence-corrected chi connectivity index (χ4v) is 3.02. The summed E-state index contributed by atoms with van der Waals surface area (Å²) < 4.78 is 6.04. The number of halogens is 1. The first-order chi connectivity index (χ1) is 9.69. The Balaban J connectivity index is 1.79. The van der Waals surface area contributed by atoms with Gasteiger partial charge in [0.15, 0.2) is 0 Å². The highest BCUT2D eigenvalue weighted by molar-refractivity contribution is 9.10. The monoisotopic (exact) mass is 340 g/mol. The lowest BCUT2D eigenvalue weighted by atomic mass is 9.95. The molecular formula is C15H21BrN2O2. The van der Waals surface area contributed by atoms with Crippen molar-refractivity contribution < 1.29 is 9.53 Å². The predicted molar refractivity (Wildman–Crippen MR) is 84.2 cm³/mol. The number of methoxy groups -OCH3 is 1. The zero-order valence-corrected chi connectivity index (χ0v) is 13.3. The fraction of sp³-hybridized carbons (Fsp3) is 0.533. The van der Waals surface area contributed by atoms with Crippen molar-refractivity contribution in [1.29, 1.82) is 0 Å². The summed E-state index contributed by atoms with van der Waals surface area (Å²) in [5.74, 6) is 0.839. The Bertz CT molecular complexity index is 459. The van der Waals surface area contributed by atoms with Gasteiger partial charge in [0.2, 0.25) is 5.91 Å². The first-order valence-corrected chi connectivity index (χ1v) is 7.85. The molecule has 2 rings (SSSR count). The number of carbonyl (C=O) groups is 1. The van der Waals surface area contributed by atoms with Gasteiger partial charge in [-0.25, -0.2) is 0 Å². The number of ether oxygens (including phenoxy) is 1. The Morgan fingerprint density at radius 2 is 2.10 bits per heavy atom. The van der Waals surface area contributed by atoms with Gasteiger partial charge >= 0.3 is 0 Å². The molecule has 1 aliphatic rings. The molecule has 0 radical (unpaired) electrons. The van der Waals surface area contributed by atoms with E-state index in [1.54, 1.807) is 7.11 Å². The molecule has 1 fully saturated rings. The van der Waals surface area contributed by atoms with Gasteiger partial charge in [-0.05, 0) is 47.0 Å². The first kappa shape index (κ1) is 15.2. The van der Waals surface area contributed by atoms with Crippen molar-refractivity contribution >= 4 is 27.5 Å². The van der Waals surface area contributed by atoms with Gasteiger partial charge in [0.25, 0.3) is 0 Å². The van der Waals surface area contributed by atoms with E-state index < -0.39 is 0 Å². The third kappa shape index (κ3) is 4.40. The summed E-state index contributed by atoms with van der Waals surface area (Å²) in [6.07, 6.45) is 5.97. The SMILES string of the molecule is COc1ccc(NCC(=O)NC2CCCCC2)cc1Br. The summed E-state index contributed by atoms with van der Waals surface area (Å²) in [5, 5.41) is 6.22. The smallest absolute Gasteiger partial charge is 0.239 e. The largest absolute Gasteiger partial charge is 0.496 e. The van der Waals surface area contributed by atoms with Gasteiger partial charge in [-0.15, -0.1) is 0 Å². The molecule has 4 nitrogen and oxygen atoms in total. The van der Waals surface area contributed by atoms with E-state index in [0.717, 1.165) is 28.8 Å². The minimum absolute atomic E-state index is 0.0591. The summed E-state index contributed by atoms with van der Waals surface area (Å²) in [6.45, 7) is 0.301. The molecule has 0 aliphatic heterocycles. The fourth-order valence-electron chi connectivity index (χ4n) is 2.48. The molecule has 0 atom stereocenters. The van der Waals surface area contributed by atoms with Gasteiger partial charge in [0.1, 0.15) is 5.75 Å². The molecule has 1 saturated carbocycles. The van der Waals surface area contributed by atoms with Crippen molar-refractivity contribution in [1.82, 2.24) is 5.32 Å². The number of nitrogens with one attached hydrogen (secondary N) is 2. The van der Waals surface area contributed by atoms with Crippen LogP contribution in [0.15, 0.2) is 22.7 Å². The number of amides is 1. The molecule has 0 saturated heterocycles. The normalized spacial score (nSPS) is 15.7. The van der Waals surface area contributed by atoms with Crippen molar-refractivity contribution in [2.75, 3.05) is 19.0 Å². The molecule has 1 aromatic rings. The van der Waals surface area contributed by atoms with Crippen LogP contribution in [0.2, 0.25) is 0 Å². The molecular weight excluding hydrogens is 320 g/mol. The maximum absolute atomic E-state index is 11.9. The molecule has 2 N–H and O–H groups in total. The third-order valence-electron chi connectivity index (χ3n) is 3.58. The summed E-state index contributed by atoms with van der Waals surface area (Å²) in [6, 6.07) is 6.04. The Morgan fingerprint density at radius 3 is 2.75 bits per heavy atom. The minimum Gasteiger partial charge on any atom is -0.496 e. The summed E-state index contributed by atoms with van der Waals surface area (Å²) in [5.41, 5.74) is 0.900. The number of carbonyl (C=O) groups excluding carboxylic acids is 1. The Labute approximate surface area is 128 Å². The van der Waals surface area contributed by atoms with E-state index in [0.29, 0.717) is 12.6 Å². The third-order valence-corrected chi connectivity index (χ3v) is 4.19. The van der Waals surface area contributed by atoms with Crippen LogP contribution in [-0.4, -0.2) is 25.6 Å². The van der Waals surface area contributed by atoms with Gasteiger partial charge in [-0.2, -0.15) is 0 Å². The van der Waals surface area contributed by atoms with Crippen molar-refractivity contribution in [3.8, 4) is 5.75 Å². The predicted octanol–water partition coefficient (Wildman–Crippen LogP) is 3.32. The highest BCUT2D eigenvalue weighted by Gasteiger charge is 2.15. The topological polar surface area (TPSA) is 50.4 Å². The Hall–Kier alpha value is -1.23. The molecule has 0 unspecified atom stereocenters. The molecule has 0 bridgehead atoms. The van der Waals surface area contributed by atoms with Gasteiger partial charge in [-0.3, -0.25) is 4.79 Å². The lowest BCUT2D eigenvalue weighted by Crippen LogP contribution is -2.39. The zero-order valence-electron chi connectivity index (χ0n) is 11.7. The van der Waals surface area contributed by atoms with Crippen LogP contribution in [0, 0.1) is 0 Å². The van der Waals surface area contributed by atoms with Gasteiger partial charge in [-0.1, -0.05) is 19.3 Å². The number of rotatable bonds is 5. The molecule has 20 heavy (non-hydrogen) atoms. The number of hydrogen-bond donors (Lipinski definition) is 2. The van der Waals surface area contributed by atoms with Gasteiger partial charge in [0.05, 0.1) is 18.1 Å². The van der Waals surface area contributed by atoms with E-state index >= 15 is 0 Å². The highest BCUT2D eigenvalue weighted by Crippen LogP contribution is 2.27. The van der Waals surface area contributed by atoms with E-state index in [2.05, 4.69) is 26.6 Å². The maximum atomic E-state index is 11.9. The summed E-state index contributed by atoms with van der Waals surface area (Å²) in [4.78, 5) is 11.9. The number of benzene rings is 1. The van der Waals surface area contributed by atoms with Crippen LogP contribution in [0.25, 0.3) is 0 Å². The molecule has 0 spiro atoms. The molecule has 0 heterocycles. The van der Waals surface area contributed by atoms with Crippen molar-refractivity contribution in [2.45, 2.75) is 38.1 Å². The molecule has 1 amide bonds. The second-order valence-electron chi connectivity index (χ2n) is 5.11. The quantitative estimate of drug-likeness (QED) is 0.864. The maximum Gasteiger partial charge on any atom is 0.239 e. The van der Waals surface area contributed by atoms with Crippen LogP contribution in [0.4, 0.5) is 5.69 Å². The van der Waals surface area contributed by atoms with Crippen LogP contribution in [0.3, 0.4) is 0 Å². The van der Waals surface area contributed by atoms with Gasteiger partial charge in [0, 0.05) is 11.7 Å². The summed E-state index contributed by atoms with van der Waals surface area (Å²) >= 11 is 3.43. The van der Waals surface area contributed by atoms with E-state index in [4.69, 9.17) is 4.74 Å². The van der Waals surface area contributed by atoms with Crippen LogP contribution < -0.4 is 15.4 Å². The van der Waals surface area contributed by atoms with Crippen LogP contribution >= 0.6 is 15.9 Å². The molecule has 110 valence electrons. The Morgan fingerprint density at radius 1 is 1.35 bits per heavy atom. The Kier molecular flexibility index (Phi) is 5.71. The molecule has 1 aromatic carbocycles. The number of anilines is 1. The minimum atomic E-state index is 0.0591. The molecule has 1 aliphatic carbocycles. The number of hydrogen-bond acceptors (Lipinski definition) is 3. The second kappa shape index (κ2) is 7.53. The van der Waals surface area contributed by atoms with E-state index in [1.807, 2.05) is 18.2 Å². The van der Waals surface area contributed by atoms with Crippen molar-refractivity contribution in [3.05, 3.63) is 22.7 Å². The standard InChI is InChI=1S/C15H21BrN2O2/c1-20-14-8-7-12(9-13(14)16)17-10-15(19)18-11-5-3-2-4-6-11/h7-9,11,17H,2-6,10H2,1H3,(H,18,19). The van der Waals surface area contributed by atoms with Crippen LogP contribution in [0.1, 0.15) is 32.1 Å². The zero-order chi connectivity index (χ0) is 14.4. The van der Waals surface area contributed by atoms with Crippen molar-refractivity contribution in [3.63, 3.8) is 0 Å². The van der Waals surface area contributed by atoms with Crippen molar-refractivity contribution in [2.24, 2.45) is 0 Å². The second-order valence-corrected chi connectivity index (χ2v) is 5.96. The average molecular weight is 341 g/mol. The molecule has 0 aromatic heterocycles. The van der Waals surface area contributed by atoms with E-state index in [1.165, 1.54) is 19.3 Å². The van der Waals surface area contributed by atoms with Gasteiger partial charge < -0.3 is 15.4 Å². The highest BCUT2D eigenvalue weighted by atomic mass is 79.9. The van der Waals surface area contributed by atoms with E-state index in [-0.39, 0.29) is 5.91 Å². The molecule has 5 heteroatoms. The lowest BCUT2D eigenvalue weighted by Gasteiger charge is -2.22. The first-order valence-electron chi connectivity index (χ1n) is 7.06. The lowest BCUT2D eigenvalue weighted by molar-refractivity contribution is -0.120. The van der Waals surface area contributed by atoms with E-state index in [9.17, 15) is 4.79 Å². The average Bonchev–Trinajstić information content (AvgIpc) is 2.46. The van der Waals surface area contributed by atoms with Crippen LogP contribution in [-0.2, 0) is 4.79 Å².